The maximum atomic E-state index is 11.7. The SMILES string of the molecule is CCC(C(N)=O)N1C[C@H](CC(C)=O)CC1=O. The van der Waals surface area contributed by atoms with E-state index >= 15 is 0 Å². The third-order valence-corrected chi connectivity index (χ3v) is 2.91. The molecule has 90 valence electrons. The van der Waals surface area contributed by atoms with Crippen LogP contribution in [0, 0.1) is 5.92 Å². The van der Waals surface area contributed by atoms with Crippen molar-refractivity contribution < 1.29 is 14.4 Å². The van der Waals surface area contributed by atoms with E-state index in [1.54, 1.807) is 0 Å². The Bertz CT molecular complexity index is 314. The molecule has 1 fully saturated rings. The Morgan fingerprint density at radius 1 is 1.56 bits per heavy atom. The van der Waals surface area contributed by atoms with Gasteiger partial charge in [-0.25, -0.2) is 0 Å². The van der Waals surface area contributed by atoms with Crippen molar-refractivity contribution in [2.45, 2.75) is 39.2 Å². The van der Waals surface area contributed by atoms with Gasteiger partial charge < -0.3 is 15.4 Å². The summed E-state index contributed by atoms with van der Waals surface area (Å²) < 4.78 is 0. The van der Waals surface area contributed by atoms with Gasteiger partial charge in [-0.05, 0) is 19.3 Å². The molecule has 1 heterocycles. The Kier molecular flexibility index (Phi) is 4.04. The Labute approximate surface area is 95.0 Å². The Balaban J connectivity index is 2.66. The summed E-state index contributed by atoms with van der Waals surface area (Å²) in [6.45, 7) is 3.80. The lowest BCUT2D eigenvalue weighted by atomic mass is 10.0. The normalized spacial score (nSPS) is 22.2. The number of rotatable bonds is 5. The van der Waals surface area contributed by atoms with E-state index in [2.05, 4.69) is 0 Å². The average Bonchev–Trinajstić information content (AvgIpc) is 2.46. The smallest absolute Gasteiger partial charge is 0.240 e. The highest BCUT2D eigenvalue weighted by molar-refractivity contribution is 5.88. The lowest BCUT2D eigenvalue weighted by molar-refractivity contribution is -0.136. The maximum absolute atomic E-state index is 11.7. The fraction of sp³-hybridized carbons (Fsp3) is 0.727. The molecule has 0 aromatic carbocycles. The number of primary amides is 1. The van der Waals surface area contributed by atoms with Gasteiger partial charge >= 0.3 is 0 Å². The van der Waals surface area contributed by atoms with Crippen LogP contribution in [-0.2, 0) is 14.4 Å². The number of nitrogens with zero attached hydrogens (tertiary/aromatic N) is 1. The minimum Gasteiger partial charge on any atom is -0.368 e. The van der Waals surface area contributed by atoms with Crippen LogP contribution < -0.4 is 5.73 Å². The van der Waals surface area contributed by atoms with Crippen molar-refractivity contribution in [1.29, 1.82) is 0 Å². The molecule has 5 nitrogen and oxygen atoms in total. The van der Waals surface area contributed by atoms with Crippen LogP contribution in [0.3, 0.4) is 0 Å². The second kappa shape index (κ2) is 5.09. The van der Waals surface area contributed by atoms with Crippen molar-refractivity contribution in [2.75, 3.05) is 6.54 Å². The molecule has 5 heteroatoms. The number of hydrogen-bond acceptors (Lipinski definition) is 3. The third-order valence-electron chi connectivity index (χ3n) is 2.91. The van der Waals surface area contributed by atoms with Gasteiger partial charge in [-0.2, -0.15) is 0 Å². The molecule has 1 aliphatic rings. The van der Waals surface area contributed by atoms with E-state index in [0.717, 1.165) is 0 Å². The number of carbonyl (C=O) groups is 3. The number of ketones is 1. The Morgan fingerprint density at radius 3 is 2.62 bits per heavy atom. The zero-order valence-corrected chi connectivity index (χ0v) is 9.73. The van der Waals surface area contributed by atoms with Crippen LogP contribution in [0.2, 0.25) is 0 Å². The zero-order valence-electron chi connectivity index (χ0n) is 9.73. The van der Waals surface area contributed by atoms with E-state index in [0.29, 0.717) is 25.8 Å². The third kappa shape index (κ3) is 2.81. The molecule has 0 aliphatic carbocycles. The predicted molar refractivity (Wildman–Crippen MR) is 58.4 cm³/mol. The van der Waals surface area contributed by atoms with Gasteiger partial charge in [0.15, 0.2) is 0 Å². The van der Waals surface area contributed by atoms with Crippen LogP contribution >= 0.6 is 0 Å². The molecule has 0 radical (unpaired) electrons. The van der Waals surface area contributed by atoms with Gasteiger partial charge in [-0.1, -0.05) is 6.92 Å². The molecule has 0 spiro atoms. The topological polar surface area (TPSA) is 80.5 Å². The molecule has 2 atom stereocenters. The highest BCUT2D eigenvalue weighted by Crippen LogP contribution is 2.24. The molecule has 1 aliphatic heterocycles. The van der Waals surface area contributed by atoms with Crippen LogP contribution in [-0.4, -0.2) is 35.1 Å². The van der Waals surface area contributed by atoms with Gasteiger partial charge in [0, 0.05) is 19.4 Å². The fourth-order valence-corrected chi connectivity index (χ4v) is 2.23. The number of carbonyl (C=O) groups excluding carboxylic acids is 3. The Hall–Kier alpha value is -1.39. The van der Waals surface area contributed by atoms with Gasteiger partial charge in [0.05, 0.1) is 0 Å². The molecule has 1 unspecified atom stereocenters. The van der Waals surface area contributed by atoms with Crippen LogP contribution in [0.4, 0.5) is 0 Å². The van der Waals surface area contributed by atoms with Crippen molar-refractivity contribution in [1.82, 2.24) is 4.90 Å². The largest absolute Gasteiger partial charge is 0.368 e. The van der Waals surface area contributed by atoms with E-state index in [-0.39, 0.29) is 17.6 Å². The average molecular weight is 226 g/mol. The molecule has 0 bridgehead atoms. The van der Waals surface area contributed by atoms with Crippen molar-refractivity contribution in [2.24, 2.45) is 11.7 Å². The molecule has 0 aromatic heterocycles. The van der Waals surface area contributed by atoms with Gasteiger partial charge in [0.2, 0.25) is 11.8 Å². The van der Waals surface area contributed by atoms with Crippen LogP contribution in [0.1, 0.15) is 33.1 Å². The first-order valence-electron chi connectivity index (χ1n) is 5.53. The van der Waals surface area contributed by atoms with Crippen molar-refractivity contribution in [3.05, 3.63) is 0 Å². The first kappa shape index (κ1) is 12.7. The molecular formula is C11H18N2O3. The summed E-state index contributed by atoms with van der Waals surface area (Å²) >= 11 is 0. The minimum atomic E-state index is -0.524. The summed E-state index contributed by atoms with van der Waals surface area (Å²) in [7, 11) is 0. The second-order valence-corrected chi connectivity index (χ2v) is 4.35. The number of hydrogen-bond donors (Lipinski definition) is 1. The van der Waals surface area contributed by atoms with Gasteiger partial charge in [-0.15, -0.1) is 0 Å². The van der Waals surface area contributed by atoms with Crippen LogP contribution in [0.15, 0.2) is 0 Å². The highest BCUT2D eigenvalue weighted by atomic mass is 16.2. The van der Waals surface area contributed by atoms with Gasteiger partial charge in [0.25, 0.3) is 0 Å². The highest BCUT2D eigenvalue weighted by Gasteiger charge is 2.36. The van der Waals surface area contributed by atoms with E-state index in [1.807, 2.05) is 6.92 Å². The van der Waals surface area contributed by atoms with E-state index in [4.69, 9.17) is 5.73 Å². The summed E-state index contributed by atoms with van der Waals surface area (Å²) in [5.41, 5.74) is 5.24. The van der Waals surface area contributed by atoms with Crippen molar-refractivity contribution in [3.63, 3.8) is 0 Å². The molecule has 1 saturated heterocycles. The summed E-state index contributed by atoms with van der Waals surface area (Å²) in [6.07, 6.45) is 1.27. The quantitative estimate of drug-likeness (QED) is 0.720. The summed E-state index contributed by atoms with van der Waals surface area (Å²) in [4.78, 5) is 35.3. The standard InChI is InChI=1S/C11H18N2O3/c1-3-9(11(12)16)13-6-8(4-7(2)14)5-10(13)15/h8-9H,3-6H2,1-2H3,(H2,12,16)/t8-,9?/m1/s1. The molecule has 1 rings (SSSR count). The molecule has 0 aromatic rings. The van der Waals surface area contributed by atoms with Crippen LogP contribution in [0.25, 0.3) is 0 Å². The van der Waals surface area contributed by atoms with Crippen LogP contribution in [0.5, 0.6) is 0 Å². The molecular weight excluding hydrogens is 208 g/mol. The molecule has 0 saturated carbocycles. The first-order chi connectivity index (χ1) is 7.45. The summed E-state index contributed by atoms with van der Waals surface area (Å²) in [5, 5.41) is 0. The predicted octanol–water partition coefficient (Wildman–Crippen LogP) is 0.0779. The molecule has 16 heavy (non-hydrogen) atoms. The number of Topliss-reactive ketones (excluding diaryl/α,β-unsaturated/α-hetero) is 1. The Morgan fingerprint density at radius 2 is 2.19 bits per heavy atom. The monoisotopic (exact) mass is 226 g/mol. The van der Waals surface area contributed by atoms with E-state index < -0.39 is 11.9 Å². The number of amides is 2. The fourth-order valence-electron chi connectivity index (χ4n) is 2.23. The summed E-state index contributed by atoms with van der Waals surface area (Å²) in [6, 6.07) is -0.524. The molecule has 2 amide bonds. The lowest BCUT2D eigenvalue weighted by Crippen LogP contribution is -2.45. The minimum absolute atomic E-state index is 0.0402. The van der Waals surface area contributed by atoms with Gasteiger partial charge in [0.1, 0.15) is 11.8 Å². The zero-order chi connectivity index (χ0) is 12.3. The first-order valence-corrected chi connectivity index (χ1v) is 5.53. The number of nitrogens with two attached hydrogens (primary N) is 1. The van der Waals surface area contributed by atoms with E-state index in [1.165, 1.54) is 11.8 Å². The molecule has 2 N–H and O–H groups in total. The van der Waals surface area contributed by atoms with Gasteiger partial charge in [-0.3, -0.25) is 9.59 Å². The maximum Gasteiger partial charge on any atom is 0.240 e. The van der Waals surface area contributed by atoms with E-state index in [9.17, 15) is 14.4 Å². The summed E-state index contributed by atoms with van der Waals surface area (Å²) in [5.74, 6) is -0.429. The second-order valence-electron chi connectivity index (χ2n) is 4.35. The van der Waals surface area contributed by atoms with Crippen molar-refractivity contribution in [3.8, 4) is 0 Å². The number of likely N-dealkylation sites (tertiary alicyclic amines) is 1. The van der Waals surface area contributed by atoms with Crippen molar-refractivity contribution >= 4 is 17.6 Å². The lowest BCUT2D eigenvalue weighted by Gasteiger charge is -2.24.